The van der Waals surface area contributed by atoms with Crippen LogP contribution in [0.5, 0.6) is 0 Å². The van der Waals surface area contributed by atoms with E-state index in [4.69, 9.17) is 0 Å². The third-order valence-corrected chi connectivity index (χ3v) is 6.87. The Hall–Kier alpha value is -1.59. The number of rotatable bonds is 7. The number of hydrogen-bond donors (Lipinski definition) is 3. The van der Waals surface area contributed by atoms with E-state index < -0.39 is 0 Å². The zero-order chi connectivity index (χ0) is 18.1. The standard InChI is InChI=1S/C20H31N3O3/c24-17(2-1-5-21-19(26)16-3-4-16)22-23-18(25)12-20-9-13-6-14(10-20)8-15(7-13)11-20/h13-16H,1-12H2,(H,21,26)(H,22,24)(H,23,25). The highest BCUT2D eigenvalue weighted by molar-refractivity contribution is 5.82. The van der Waals surface area contributed by atoms with Gasteiger partial charge in [0.1, 0.15) is 0 Å². The first-order valence-electron chi connectivity index (χ1n) is 10.4. The minimum absolute atomic E-state index is 0.0534. The summed E-state index contributed by atoms with van der Waals surface area (Å²) in [5.41, 5.74) is 5.34. The molecule has 6 nitrogen and oxygen atoms in total. The molecule has 4 bridgehead atoms. The van der Waals surface area contributed by atoms with Crippen molar-refractivity contribution in [1.82, 2.24) is 16.2 Å². The second kappa shape index (κ2) is 7.20. The minimum Gasteiger partial charge on any atom is -0.356 e. The fourth-order valence-corrected chi connectivity index (χ4v) is 6.04. The van der Waals surface area contributed by atoms with Crippen LogP contribution in [0.25, 0.3) is 0 Å². The monoisotopic (exact) mass is 361 g/mol. The summed E-state index contributed by atoms with van der Waals surface area (Å²) < 4.78 is 0. The predicted octanol–water partition coefficient (Wildman–Crippen LogP) is 2.05. The maximum Gasteiger partial charge on any atom is 0.238 e. The first-order valence-corrected chi connectivity index (χ1v) is 10.4. The number of carbonyl (C=O) groups is 3. The molecular weight excluding hydrogens is 330 g/mol. The maximum absolute atomic E-state index is 12.4. The molecule has 6 heteroatoms. The van der Waals surface area contributed by atoms with Gasteiger partial charge >= 0.3 is 0 Å². The lowest BCUT2D eigenvalue weighted by Gasteiger charge is -2.56. The normalized spacial score (nSPS) is 34.4. The van der Waals surface area contributed by atoms with Crippen molar-refractivity contribution in [2.45, 2.75) is 70.6 Å². The van der Waals surface area contributed by atoms with E-state index in [1.54, 1.807) is 0 Å². The summed E-state index contributed by atoms with van der Waals surface area (Å²) in [6.45, 7) is 0.518. The minimum atomic E-state index is -0.190. The smallest absolute Gasteiger partial charge is 0.238 e. The predicted molar refractivity (Wildman–Crippen MR) is 96.5 cm³/mol. The average Bonchev–Trinajstić information content (AvgIpc) is 3.40. The van der Waals surface area contributed by atoms with Crippen LogP contribution < -0.4 is 16.2 Å². The van der Waals surface area contributed by atoms with E-state index in [1.807, 2.05) is 0 Å². The molecule has 0 heterocycles. The number of amides is 3. The number of carbonyl (C=O) groups excluding carboxylic acids is 3. The van der Waals surface area contributed by atoms with Crippen molar-refractivity contribution in [3.8, 4) is 0 Å². The second-order valence-electron chi connectivity index (χ2n) is 9.36. The Kier molecular flexibility index (Phi) is 4.93. The van der Waals surface area contributed by atoms with E-state index in [2.05, 4.69) is 16.2 Å². The van der Waals surface area contributed by atoms with E-state index in [0.717, 1.165) is 30.6 Å². The molecule has 5 fully saturated rings. The Bertz CT molecular complexity index is 550. The lowest BCUT2D eigenvalue weighted by atomic mass is 9.49. The van der Waals surface area contributed by atoms with Gasteiger partial charge in [-0.1, -0.05) is 0 Å². The molecule has 3 N–H and O–H groups in total. The highest BCUT2D eigenvalue weighted by Crippen LogP contribution is 2.61. The molecule has 5 aliphatic carbocycles. The van der Waals surface area contributed by atoms with Crippen molar-refractivity contribution >= 4 is 17.7 Å². The molecule has 0 spiro atoms. The molecule has 5 aliphatic rings. The van der Waals surface area contributed by atoms with Crippen LogP contribution in [0.15, 0.2) is 0 Å². The lowest BCUT2D eigenvalue weighted by molar-refractivity contribution is -0.134. The summed E-state index contributed by atoms with van der Waals surface area (Å²) in [5, 5.41) is 2.84. The Morgan fingerprint density at radius 2 is 1.42 bits per heavy atom. The van der Waals surface area contributed by atoms with Crippen LogP contribution in [0.1, 0.15) is 70.6 Å². The molecule has 0 aromatic carbocycles. The van der Waals surface area contributed by atoms with Crippen LogP contribution in [-0.2, 0) is 14.4 Å². The topological polar surface area (TPSA) is 87.3 Å². The zero-order valence-electron chi connectivity index (χ0n) is 15.5. The molecule has 0 radical (unpaired) electrons. The van der Waals surface area contributed by atoms with Gasteiger partial charge in [-0.05, 0) is 81.0 Å². The highest BCUT2D eigenvalue weighted by atomic mass is 16.2. The van der Waals surface area contributed by atoms with Crippen molar-refractivity contribution in [3.05, 3.63) is 0 Å². The molecular formula is C20H31N3O3. The Labute approximate surface area is 155 Å². The Balaban J connectivity index is 1.13. The fraction of sp³-hybridized carbons (Fsp3) is 0.850. The van der Waals surface area contributed by atoms with Crippen molar-refractivity contribution < 1.29 is 14.4 Å². The van der Waals surface area contributed by atoms with Crippen LogP contribution in [0.2, 0.25) is 0 Å². The fourth-order valence-electron chi connectivity index (χ4n) is 6.04. The first kappa shape index (κ1) is 17.8. The molecule has 0 saturated heterocycles. The molecule has 26 heavy (non-hydrogen) atoms. The van der Waals surface area contributed by atoms with Gasteiger partial charge < -0.3 is 5.32 Å². The number of hydrazine groups is 1. The first-order chi connectivity index (χ1) is 12.5. The van der Waals surface area contributed by atoms with E-state index in [9.17, 15) is 14.4 Å². The molecule has 144 valence electrons. The zero-order valence-corrected chi connectivity index (χ0v) is 15.5. The summed E-state index contributed by atoms with van der Waals surface area (Å²) in [5.74, 6) is 2.55. The maximum atomic E-state index is 12.4. The van der Waals surface area contributed by atoms with Gasteiger partial charge in [-0.15, -0.1) is 0 Å². The van der Waals surface area contributed by atoms with Gasteiger partial charge in [0.05, 0.1) is 0 Å². The van der Waals surface area contributed by atoms with Crippen LogP contribution in [0.3, 0.4) is 0 Å². The Morgan fingerprint density at radius 3 is 2.00 bits per heavy atom. The summed E-state index contributed by atoms with van der Waals surface area (Å²) in [4.78, 5) is 35.7. The quantitative estimate of drug-likeness (QED) is 0.479. The molecule has 5 saturated carbocycles. The van der Waals surface area contributed by atoms with E-state index in [0.29, 0.717) is 25.8 Å². The van der Waals surface area contributed by atoms with Gasteiger partial charge in [0, 0.05) is 25.3 Å². The summed E-state index contributed by atoms with van der Waals surface area (Å²) in [6.07, 6.45) is 11.1. The van der Waals surface area contributed by atoms with E-state index in [-0.39, 0.29) is 29.1 Å². The van der Waals surface area contributed by atoms with Crippen LogP contribution in [0, 0.1) is 29.1 Å². The van der Waals surface area contributed by atoms with Crippen molar-refractivity contribution in [2.24, 2.45) is 29.1 Å². The van der Waals surface area contributed by atoms with Crippen molar-refractivity contribution in [3.63, 3.8) is 0 Å². The largest absolute Gasteiger partial charge is 0.356 e. The SMILES string of the molecule is O=C(CCCNC(=O)C1CC1)NNC(=O)CC12CC3CC(CC(C3)C1)C2. The summed E-state index contributed by atoms with van der Waals surface area (Å²) in [6, 6.07) is 0. The van der Waals surface area contributed by atoms with Crippen LogP contribution in [0.4, 0.5) is 0 Å². The van der Waals surface area contributed by atoms with Crippen LogP contribution >= 0.6 is 0 Å². The van der Waals surface area contributed by atoms with Gasteiger partial charge in [0.25, 0.3) is 0 Å². The van der Waals surface area contributed by atoms with Gasteiger partial charge in [-0.3, -0.25) is 25.2 Å². The molecule has 0 aliphatic heterocycles. The number of hydrogen-bond acceptors (Lipinski definition) is 3. The third kappa shape index (κ3) is 4.21. The Morgan fingerprint density at radius 1 is 0.846 bits per heavy atom. The van der Waals surface area contributed by atoms with Gasteiger partial charge in [-0.25, -0.2) is 0 Å². The molecule has 0 aromatic heterocycles. The van der Waals surface area contributed by atoms with Gasteiger partial charge in [0.15, 0.2) is 0 Å². The van der Waals surface area contributed by atoms with Crippen molar-refractivity contribution in [1.29, 1.82) is 0 Å². The van der Waals surface area contributed by atoms with E-state index in [1.165, 1.54) is 38.5 Å². The van der Waals surface area contributed by atoms with Gasteiger partial charge in [0.2, 0.25) is 17.7 Å². The van der Waals surface area contributed by atoms with Crippen LogP contribution in [-0.4, -0.2) is 24.3 Å². The average molecular weight is 361 g/mol. The van der Waals surface area contributed by atoms with Crippen molar-refractivity contribution in [2.75, 3.05) is 6.54 Å². The van der Waals surface area contributed by atoms with E-state index >= 15 is 0 Å². The second-order valence-corrected chi connectivity index (χ2v) is 9.36. The molecule has 3 amide bonds. The number of nitrogens with one attached hydrogen (secondary N) is 3. The molecule has 5 rings (SSSR count). The third-order valence-electron chi connectivity index (χ3n) is 6.87. The lowest BCUT2D eigenvalue weighted by Crippen LogP contribution is -2.50. The highest BCUT2D eigenvalue weighted by Gasteiger charge is 2.51. The summed E-state index contributed by atoms with van der Waals surface area (Å²) >= 11 is 0. The molecule has 0 atom stereocenters. The van der Waals surface area contributed by atoms with Gasteiger partial charge in [-0.2, -0.15) is 0 Å². The molecule has 0 aromatic rings. The molecule has 0 unspecified atom stereocenters. The summed E-state index contributed by atoms with van der Waals surface area (Å²) in [7, 11) is 0.